The van der Waals surface area contributed by atoms with Gasteiger partial charge in [-0.15, -0.1) is 0 Å². The predicted molar refractivity (Wildman–Crippen MR) is 69.1 cm³/mol. The van der Waals surface area contributed by atoms with Crippen molar-refractivity contribution in [1.82, 2.24) is 10.4 Å². The summed E-state index contributed by atoms with van der Waals surface area (Å²) in [5, 5.41) is 0. The topological polar surface area (TPSA) is 50.9 Å². The van der Waals surface area contributed by atoms with Crippen LogP contribution in [0, 0.1) is 18.6 Å². The second-order valence-electron chi connectivity index (χ2n) is 4.42. The molecular weight excluding hydrogens is 248 g/mol. The molecule has 0 radical (unpaired) electrons. The third kappa shape index (κ3) is 3.33. The first kappa shape index (κ1) is 13.6. The molecule has 2 rings (SSSR count). The molecule has 0 spiro atoms. The van der Waals surface area contributed by atoms with Crippen LogP contribution in [0.1, 0.15) is 22.9 Å². The predicted octanol–water partition coefficient (Wildman–Crippen LogP) is 2.42. The normalized spacial score (nSPS) is 12.4. The van der Waals surface area contributed by atoms with Crippen LogP contribution < -0.4 is 11.3 Å². The third-order valence-corrected chi connectivity index (χ3v) is 2.93. The Labute approximate surface area is 110 Å². The van der Waals surface area contributed by atoms with Crippen molar-refractivity contribution in [3.05, 3.63) is 65.0 Å². The molecule has 0 aliphatic rings. The smallest absolute Gasteiger partial charge is 0.126 e. The van der Waals surface area contributed by atoms with Crippen molar-refractivity contribution in [3.63, 3.8) is 0 Å². The number of nitrogens with two attached hydrogens (primary N) is 1. The molecule has 1 unspecified atom stereocenters. The molecule has 19 heavy (non-hydrogen) atoms. The van der Waals surface area contributed by atoms with Gasteiger partial charge in [0.1, 0.15) is 11.6 Å². The zero-order valence-electron chi connectivity index (χ0n) is 10.5. The van der Waals surface area contributed by atoms with Crippen LogP contribution >= 0.6 is 0 Å². The van der Waals surface area contributed by atoms with Gasteiger partial charge in [-0.3, -0.25) is 16.3 Å². The monoisotopic (exact) mass is 263 g/mol. The van der Waals surface area contributed by atoms with Gasteiger partial charge in [0, 0.05) is 6.20 Å². The average Bonchev–Trinajstić information content (AvgIpc) is 2.39. The quantitative estimate of drug-likeness (QED) is 0.658. The highest BCUT2D eigenvalue weighted by atomic mass is 19.1. The van der Waals surface area contributed by atoms with Crippen molar-refractivity contribution in [3.8, 4) is 0 Å². The molecule has 0 bridgehead atoms. The number of benzene rings is 1. The maximum Gasteiger partial charge on any atom is 0.126 e. The van der Waals surface area contributed by atoms with Gasteiger partial charge in [-0.05, 0) is 54.8 Å². The lowest BCUT2D eigenvalue weighted by atomic mass is 10.0. The molecule has 0 aliphatic carbocycles. The van der Waals surface area contributed by atoms with E-state index >= 15 is 0 Å². The molecule has 100 valence electrons. The molecule has 0 aliphatic heterocycles. The third-order valence-electron chi connectivity index (χ3n) is 2.93. The van der Waals surface area contributed by atoms with Gasteiger partial charge in [0.2, 0.25) is 0 Å². The molecule has 2 aromatic rings. The number of nitrogens with zero attached hydrogens (tertiary/aromatic N) is 1. The molecule has 0 saturated carbocycles. The minimum Gasteiger partial charge on any atom is -0.271 e. The summed E-state index contributed by atoms with van der Waals surface area (Å²) < 4.78 is 26.7. The Morgan fingerprint density at radius 2 is 2.05 bits per heavy atom. The fourth-order valence-electron chi connectivity index (χ4n) is 1.92. The SMILES string of the molecule is Cc1ccnc(C(Cc2cc(F)ccc2F)NN)c1. The number of rotatable bonds is 4. The summed E-state index contributed by atoms with van der Waals surface area (Å²) in [7, 11) is 0. The van der Waals surface area contributed by atoms with Crippen molar-refractivity contribution >= 4 is 0 Å². The van der Waals surface area contributed by atoms with Gasteiger partial charge < -0.3 is 0 Å². The number of hydrogen-bond donors (Lipinski definition) is 2. The number of hydrogen-bond acceptors (Lipinski definition) is 3. The Bertz CT molecular complexity index is 572. The van der Waals surface area contributed by atoms with E-state index in [4.69, 9.17) is 5.84 Å². The minimum atomic E-state index is -0.468. The summed E-state index contributed by atoms with van der Waals surface area (Å²) in [6.07, 6.45) is 1.90. The van der Waals surface area contributed by atoms with Crippen LogP contribution in [-0.2, 0) is 6.42 Å². The summed E-state index contributed by atoms with van der Waals surface area (Å²) >= 11 is 0. The molecule has 0 amide bonds. The summed E-state index contributed by atoms with van der Waals surface area (Å²) in [6, 6.07) is 6.74. The van der Waals surface area contributed by atoms with Crippen LogP contribution in [0.15, 0.2) is 36.5 Å². The van der Waals surface area contributed by atoms with Crippen LogP contribution in [0.5, 0.6) is 0 Å². The molecule has 1 aromatic carbocycles. The number of nitrogens with one attached hydrogen (secondary N) is 1. The fraction of sp³-hybridized carbons (Fsp3) is 0.214. The van der Waals surface area contributed by atoms with Crippen molar-refractivity contribution in [2.75, 3.05) is 0 Å². The second-order valence-corrected chi connectivity index (χ2v) is 4.42. The molecule has 3 N–H and O–H groups in total. The molecule has 0 fully saturated rings. The molecule has 1 atom stereocenters. The van der Waals surface area contributed by atoms with E-state index in [1.165, 1.54) is 6.07 Å². The van der Waals surface area contributed by atoms with Gasteiger partial charge in [-0.1, -0.05) is 0 Å². The van der Waals surface area contributed by atoms with E-state index in [0.717, 1.165) is 17.7 Å². The van der Waals surface area contributed by atoms with Crippen LogP contribution in [0.2, 0.25) is 0 Å². The van der Waals surface area contributed by atoms with Gasteiger partial charge in [0.15, 0.2) is 0 Å². The summed E-state index contributed by atoms with van der Waals surface area (Å²) in [5.41, 5.74) is 4.59. The van der Waals surface area contributed by atoms with Crippen LogP contribution in [0.3, 0.4) is 0 Å². The number of hydrazine groups is 1. The highest BCUT2D eigenvalue weighted by Gasteiger charge is 2.15. The number of pyridine rings is 1. The minimum absolute atomic E-state index is 0.233. The Kier molecular flexibility index (Phi) is 4.19. The summed E-state index contributed by atoms with van der Waals surface area (Å²) in [5.74, 6) is 4.57. The first-order valence-corrected chi connectivity index (χ1v) is 5.92. The lowest BCUT2D eigenvalue weighted by Crippen LogP contribution is -2.30. The maximum atomic E-state index is 13.6. The zero-order valence-corrected chi connectivity index (χ0v) is 10.5. The largest absolute Gasteiger partial charge is 0.271 e. The maximum absolute atomic E-state index is 13.6. The van der Waals surface area contributed by atoms with E-state index in [-0.39, 0.29) is 18.0 Å². The van der Waals surface area contributed by atoms with Crippen molar-refractivity contribution in [1.29, 1.82) is 0 Å². The molecule has 3 nitrogen and oxygen atoms in total. The van der Waals surface area contributed by atoms with E-state index in [9.17, 15) is 8.78 Å². The van der Waals surface area contributed by atoms with E-state index in [1.807, 2.05) is 19.1 Å². The number of aryl methyl sites for hydroxylation is 1. The van der Waals surface area contributed by atoms with Crippen molar-refractivity contribution in [2.24, 2.45) is 5.84 Å². The van der Waals surface area contributed by atoms with Crippen LogP contribution in [0.4, 0.5) is 8.78 Å². The van der Waals surface area contributed by atoms with E-state index in [2.05, 4.69) is 10.4 Å². The van der Waals surface area contributed by atoms with Gasteiger partial charge in [0.05, 0.1) is 11.7 Å². The summed E-state index contributed by atoms with van der Waals surface area (Å²) in [4.78, 5) is 4.20. The number of halogens is 2. The van der Waals surface area contributed by atoms with E-state index in [1.54, 1.807) is 6.20 Å². The van der Waals surface area contributed by atoms with Gasteiger partial charge >= 0.3 is 0 Å². The van der Waals surface area contributed by atoms with E-state index < -0.39 is 11.6 Å². The molecule has 1 aromatic heterocycles. The Morgan fingerprint density at radius 1 is 1.26 bits per heavy atom. The zero-order chi connectivity index (χ0) is 13.8. The average molecular weight is 263 g/mol. The molecule has 5 heteroatoms. The van der Waals surface area contributed by atoms with Gasteiger partial charge in [0.25, 0.3) is 0 Å². The standard InChI is InChI=1S/C14H15F2N3/c1-9-4-5-18-13(6-9)14(19-17)8-10-7-11(15)2-3-12(10)16/h2-7,14,19H,8,17H2,1H3. The molecule has 1 heterocycles. The molecular formula is C14H15F2N3. The first-order valence-electron chi connectivity index (χ1n) is 5.92. The number of aromatic nitrogens is 1. The van der Waals surface area contributed by atoms with E-state index in [0.29, 0.717) is 5.69 Å². The van der Waals surface area contributed by atoms with Crippen molar-refractivity contribution in [2.45, 2.75) is 19.4 Å². The Morgan fingerprint density at radius 3 is 2.74 bits per heavy atom. The van der Waals surface area contributed by atoms with Gasteiger partial charge in [-0.2, -0.15) is 0 Å². The Balaban J connectivity index is 2.26. The lowest BCUT2D eigenvalue weighted by Gasteiger charge is -2.16. The highest BCUT2D eigenvalue weighted by Crippen LogP contribution is 2.19. The van der Waals surface area contributed by atoms with Crippen LogP contribution in [0.25, 0.3) is 0 Å². The highest BCUT2D eigenvalue weighted by molar-refractivity contribution is 5.23. The lowest BCUT2D eigenvalue weighted by molar-refractivity contribution is 0.513. The molecule has 0 saturated heterocycles. The second kappa shape index (κ2) is 5.86. The Hall–Kier alpha value is -1.85. The first-order chi connectivity index (χ1) is 9.10. The van der Waals surface area contributed by atoms with Crippen molar-refractivity contribution < 1.29 is 8.78 Å². The summed E-state index contributed by atoms with van der Waals surface area (Å²) in [6.45, 7) is 1.93. The van der Waals surface area contributed by atoms with Crippen LogP contribution in [-0.4, -0.2) is 4.98 Å². The fourth-order valence-corrected chi connectivity index (χ4v) is 1.92. The van der Waals surface area contributed by atoms with Gasteiger partial charge in [-0.25, -0.2) is 8.78 Å².